The van der Waals surface area contributed by atoms with E-state index >= 15 is 0 Å². The normalized spacial score (nSPS) is 9.73. The second kappa shape index (κ2) is 5.71. The summed E-state index contributed by atoms with van der Waals surface area (Å²) in [6.45, 7) is 11.0. The maximum Gasteiger partial charge on any atom is 0.129 e. The van der Waals surface area contributed by atoms with E-state index in [9.17, 15) is 0 Å². The highest BCUT2D eigenvalue weighted by Gasteiger charge is 2.05. The van der Waals surface area contributed by atoms with Gasteiger partial charge in [-0.1, -0.05) is 12.2 Å². The third-order valence-corrected chi connectivity index (χ3v) is 2.87. The summed E-state index contributed by atoms with van der Waals surface area (Å²) in [6, 6.07) is 4.00. The zero-order chi connectivity index (χ0) is 11.3. The molecule has 0 saturated carbocycles. The SMILES string of the molecule is C=CCN(CC=C)c1ccc(Br)c(C)n1. The van der Waals surface area contributed by atoms with Crippen LogP contribution in [-0.4, -0.2) is 18.1 Å². The molecule has 0 bridgehead atoms. The van der Waals surface area contributed by atoms with E-state index in [1.807, 2.05) is 31.2 Å². The fourth-order valence-corrected chi connectivity index (χ4v) is 1.50. The van der Waals surface area contributed by atoms with Gasteiger partial charge in [0, 0.05) is 17.6 Å². The highest BCUT2D eigenvalue weighted by Crippen LogP contribution is 2.18. The molecular weight excluding hydrogens is 252 g/mol. The molecule has 1 aromatic rings. The molecule has 0 amide bonds. The van der Waals surface area contributed by atoms with Gasteiger partial charge in [0.15, 0.2) is 0 Å². The van der Waals surface area contributed by atoms with Gasteiger partial charge in [-0.15, -0.1) is 13.2 Å². The molecule has 0 radical (unpaired) electrons. The van der Waals surface area contributed by atoms with Crippen LogP contribution in [0.3, 0.4) is 0 Å². The van der Waals surface area contributed by atoms with Crippen LogP contribution in [0.15, 0.2) is 41.9 Å². The highest BCUT2D eigenvalue weighted by molar-refractivity contribution is 9.10. The molecule has 0 aliphatic heterocycles. The van der Waals surface area contributed by atoms with E-state index in [0.717, 1.165) is 29.1 Å². The average molecular weight is 267 g/mol. The second-order valence-corrected chi connectivity index (χ2v) is 4.07. The monoisotopic (exact) mass is 266 g/mol. The Bertz CT molecular complexity index is 351. The first-order valence-corrected chi connectivity index (χ1v) is 5.58. The van der Waals surface area contributed by atoms with E-state index in [-0.39, 0.29) is 0 Å². The van der Waals surface area contributed by atoms with Crippen LogP contribution >= 0.6 is 15.9 Å². The molecule has 15 heavy (non-hydrogen) atoms. The number of hydrogen-bond donors (Lipinski definition) is 0. The van der Waals surface area contributed by atoms with E-state index in [4.69, 9.17) is 0 Å². The molecule has 3 heteroatoms. The van der Waals surface area contributed by atoms with Crippen LogP contribution in [0.2, 0.25) is 0 Å². The Kier molecular flexibility index (Phi) is 4.56. The van der Waals surface area contributed by atoms with Crippen LogP contribution in [0, 0.1) is 6.92 Å². The lowest BCUT2D eigenvalue weighted by Gasteiger charge is -2.20. The predicted octanol–water partition coefficient (Wildman–Crippen LogP) is 3.33. The van der Waals surface area contributed by atoms with Gasteiger partial charge in [-0.25, -0.2) is 4.98 Å². The smallest absolute Gasteiger partial charge is 0.129 e. The molecule has 0 aliphatic rings. The summed E-state index contributed by atoms with van der Waals surface area (Å²) in [7, 11) is 0. The average Bonchev–Trinajstić information content (AvgIpc) is 2.22. The quantitative estimate of drug-likeness (QED) is 0.761. The number of aromatic nitrogens is 1. The largest absolute Gasteiger partial charge is 0.349 e. The van der Waals surface area contributed by atoms with Crippen molar-refractivity contribution in [3.8, 4) is 0 Å². The van der Waals surface area contributed by atoms with Crippen molar-refractivity contribution in [2.24, 2.45) is 0 Å². The van der Waals surface area contributed by atoms with Gasteiger partial charge in [0.05, 0.1) is 5.69 Å². The molecular formula is C12H15BrN2. The van der Waals surface area contributed by atoms with Gasteiger partial charge in [-0.05, 0) is 35.0 Å². The number of nitrogens with zero attached hydrogens (tertiary/aromatic N) is 2. The number of rotatable bonds is 5. The summed E-state index contributed by atoms with van der Waals surface area (Å²) in [5.74, 6) is 0.954. The lowest BCUT2D eigenvalue weighted by atomic mass is 10.3. The minimum Gasteiger partial charge on any atom is -0.349 e. The Labute approximate surface area is 99.5 Å². The van der Waals surface area contributed by atoms with Crippen molar-refractivity contribution in [1.29, 1.82) is 0 Å². The van der Waals surface area contributed by atoms with E-state index < -0.39 is 0 Å². The van der Waals surface area contributed by atoms with Gasteiger partial charge in [-0.2, -0.15) is 0 Å². The molecule has 2 nitrogen and oxygen atoms in total. The first-order valence-electron chi connectivity index (χ1n) is 4.79. The van der Waals surface area contributed by atoms with E-state index in [0.29, 0.717) is 0 Å². The first kappa shape index (κ1) is 12.0. The molecule has 80 valence electrons. The van der Waals surface area contributed by atoms with Crippen molar-refractivity contribution in [1.82, 2.24) is 4.98 Å². The fourth-order valence-electron chi connectivity index (χ4n) is 1.28. The number of aryl methyl sites for hydroxylation is 1. The van der Waals surface area contributed by atoms with Gasteiger partial charge in [0.2, 0.25) is 0 Å². The molecule has 0 saturated heterocycles. The van der Waals surface area contributed by atoms with Crippen LogP contribution in [0.1, 0.15) is 5.69 Å². The van der Waals surface area contributed by atoms with Crippen molar-refractivity contribution in [2.45, 2.75) is 6.92 Å². The van der Waals surface area contributed by atoms with E-state index in [1.54, 1.807) is 0 Å². The molecule has 0 N–H and O–H groups in total. The van der Waals surface area contributed by atoms with Crippen LogP contribution in [0.4, 0.5) is 5.82 Å². The third-order valence-electron chi connectivity index (χ3n) is 2.03. The number of halogens is 1. The molecule has 0 spiro atoms. The lowest BCUT2D eigenvalue weighted by molar-refractivity contribution is 0.917. The van der Waals surface area contributed by atoms with Crippen molar-refractivity contribution in [3.63, 3.8) is 0 Å². The van der Waals surface area contributed by atoms with Gasteiger partial charge in [0.25, 0.3) is 0 Å². The second-order valence-electron chi connectivity index (χ2n) is 3.22. The van der Waals surface area contributed by atoms with Crippen LogP contribution in [-0.2, 0) is 0 Å². The summed E-state index contributed by atoms with van der Waals surface area (Å²) in [5.41, 5.74) is 0.991. The summed E-state index contributed by atoms with van der Waals surface area (Å²) in [4.78, 5) is 6.60. The Balaban J connectivity index is 2.94. The molecule has 1 rings (SSSR count). The minimum atomic E-state index is 0.778. The van der Waals surface area contributed by atoms with Crippen molar-refractivity contribution in [2.75, 3.05) is 18.0 Å². The Morgan fingerprint density at radius 2 is 1.93 bits per heavy atom. The number of pyridine rings is 1. The van der Waals surface area contributed by atoms with Gasteiger partial charge in [-0.3, -0.25) is 0 Å². The summed E-state index contributed by atoms with van der Waals surface area (Å²) >= 11 is 3.44. The molecule has 1 aromatic heterocycles. The molecule has 0 atom stereocenters. The third kappa shape index (κ3) is 3.20. The zero-order valence-corrected chi connectivity index (χ0v) is 10.5. The minimum absolute atomic E-state index is 0.778. The van der Waals surface area contributed by atoms with E-state index in [1.165, 1.54) is 0 Å². The maximum atomic E-state index is 4.49. The van der Waals surface area contributed by atoms with Crippen LogP contribution in [0.5, 0.6) is 0 Å². The Morgan fingerprint density at radius 1 is 1.33 bits per heavy atom. The van der Waals surface area contributed by atoms with Crippen LogP contribution in [0.25, 0.3) is 0 Å². The Morgan fingerprint density at radius 3 is 2.40 bits per heavy atom. The zero-order valence-electron chi connectivity index (χ0n) is 8.91. The topological polar surface area (TPSA) is 16.1 Å². The molecule has 1 heterocycles. The maximum absolute atomic E-state index is 4.49. The molecule has 0 aliphatic carbocycles. The van der Waals surface area contributed by atoms with Crippen LogP contribution < -0.4 is 4.90 Å². The standard InChI is InChI=1S/C12H15BrN2/c1-4-8-15(9-5-2)12-7-6-11(13)10(3)14-12/h4-7H,1-2,8-9H2,3H3. The van der Waals surface area contributed by atoms with Crippen molar-refractivity contribution < 1.29 is 0 Å². The van der Waals surface area contributed by atoms with Crippen molar-refractivity contribution in [3.05, 3.63) is 47.6 Å². The lowest BCUT2D eigenvalue weighted by Crippen LogP contribution is -2.24. The molecule has 0 unspecified atom stereocenters. The number of hydrogen-bond acceptors (Lipinski definition) is 2. The van der Waals surface area contributed by atoms with Crippen molar-refractivity contribution >= 4 is 21.7 Å². The molecule has 0 fully saturated rings. The summed E-state index contributed by atoms with van der Waals surface area (Å²) < 4.78 is 1.03. The first-order chi connectivity index (χ1) is 7.19. The molecule has 0 aromatic carbocycles. The van der Waals surface area contributed by atoms with Gasteiger partial charge >= 0.3 is 0 Å². The van der Waals surface area contributed by atoms with E-state index in [2.05, 4.69) is 39.0 Å². The summed E-state index contributed by atoms with van der Waals surface area (Å²) in [6.07, 6.45) is 3.73. The van der Waals surface area contributed by atoms with Gasteiger partial charge in [0.1, 0.15) is 5.82 Å². The number of anilines is 1. The summed E-state index contributed by atoms with van der Waals surface area (Å²) in [5, 5.41) is 0. The predicted molar refractivity (Wildman–Crippen MR) is 69.3 cm³/mol. The highest BCUT2D eigenvalue weighted by atomic mass is 79.9. The Hall–Kier alpha value is -1.09. The fraction of sp³-hybridized carbons (Fsp3) is 0.250. The van der Waals surface area contributed by atoms with Gasteiger partial charge < -0.3 is 4.90 Å².